The molecule has 1 aliphatic heterocycles. The van der Waals surface area contributed by atoms with Crippen molar-refractivity contribution in [2.24, 2.45) is 0 Å². The molecular weight excluding hydrogens is 242 g/mol. The first-order chi connectivity index (χ1) is 8.00. The molecule has 5 heteroatoms. The van der Waals surface area contributed by atoms with E-state index in [1.165, 1.54) is 0 Å². The van der Waals surface area contributed by atoms with Gasteiger partial charge in [0.2, 0.25) is 11.7 Å². The van der Waals surface area contributed by atoms with Gasteiger partial charge in [-0.05, 0) is 17.7 Å². The van der Waals surface area contributed by atoms with E-state index in [4.69, 9.17) is 21.1 Å². The Hall–Kier alpha value is -1.42. The van der Waals surface area contributed by atoms with Gasteiger partial charge in [-0.2, -0.15) is 0 Å². The van der Waals surface area contributed by atoms with E-state index in [0.29, 0.717) is 12.3 Å². The van der Waals surface area contributed by atoms with Crippen LogP contribution in [-0.4, -0.2) is 17.6 Å². The number of ether oxygens (including phenoxy) is 2. The number of amides is 1. The summed E-state index contributed by atoms with van der Waals surface area (Å²) in [6, 6.07) is 5.59. The lowest BCUT2D eigenvalue weighted by atomic mass is 10.2. The Morgan fingerprint density at radius 3 is 2.76 bits per heavy atom. The normalized spacial score (nSPS) is 15.7. The molecule has 0 saturated heterocycles. The van der Waals surface area contributed by atoms with Crippen molar-refractivity contribution in [1.29, 1.82) is 0 Å². The third-order valence-electron chi connectivity index (χ3n) is 2.33. The molecule has 1 amide bonds. The Morgan fingerprint density at radius 1 is 1.35 bits per heavy atom. The van der Waals surface area contributed by atoms with E-state index in [0.717, 1.165) is 11.3 Å². The number of fused-ring (bicyclic) bond motifs is 1. The molecule has 1 aromatic rings. The van der Waals surface area contributed by atoms with Crippen LogP contribution < -0.4 is 14.8 Å². The number of nitrogens with one attached hydrogen (secondary N) is 1. The van der Waals surface area contributed by atoms with Gasteiger partial charge in [-0.15, -0.1) is 11.6 Å². The van der Waals surface area contributed by atoms with Crippen molar-refractivity contribution in [3.8, 4) is 11.5 Å². The Morgan fingerprint density at radius 2 is 2.06 bits per heavy atom. The highest BCUT2D eigenvalue weighted by Crippen LogP contribution is 2.39. The van der Waals surface area contributed by atoms with Crippen LogP contribution >= 0.6 is 11.6 Å². The molecule has 92 valence electrons. The number of carbonyl (C=O) groups excluding carboxylic acids is 1. The predicted octanol–water partition coefficient (Wildman–Crippen LogP) is 2.05. The monoisotopic (exact) mass is 255 g/mol. The molecule has 0 aliphatic carbocycles. The van der Waals surface area contributed by atoms with Gasteiger partial charge in [-0.1, -0.05) is 6.07 Å². The van der Waals surface area contributed by atoms with E-state index in [1.807, 2.05) is 32.0 Å². The smallest absolute Gasteiger partial charge is 0.246 e. The highest BCUT2D eigenvalue weighted by atomic mass is 35.5. The second kappa shape index (κ2) is 4.45. The van der Waals surface area contributed by atoms with Crippen LogP contribution in [0.5, 0.6) is 11.5 Å². The molecule has 0 fully saturated rings. The van der Waals surface area contributed by atoms with Gasteiger partial charge in [0.25, 0.3) is 0 Å². The molecule has 1 aromatic carbocycles. The van der Waals surface area contributed by atoms with E-state index < -0.39 is 5.79 Å². The summed E-state index contributed by atoms with van der Waals surface area (Å²) in [6.45, 7) is 4.13. The molecule has 0 spiro atoms. The summed E-state index contributed by atoms with van der Waals surface area (Å²) in [5.74, 6) is 0.581. The number of hydrogen-bond acceptors (Lipinski definition) is 3. The molecule has 0 unspecified atom stereocenters. The molecule has 17 heavy (non-hydrogen) atoms. The van der Waals surface area contributed by atoms with E-state index in [1.54, 1.807) is 0 Å². The Bertz CT molecular complexity index is 445. The van der Waals surface area contributed by atoms with Gasteiger partial charge in [-0.25, -0.2) is 0 Å². The van der Waals surface area contributed by atoms with Crippen molar-refractivity contribution in [1.82, 2.24) is 5.32 Å². The van der Waals surface area contributed by atoms with Crippen molar-refractivity contribution in [3.05, 3.63) is 23.8 Å². The van der Waals surface area contributed by atoms with Gasteiger partial charge < -0.3 is 14.8 Å². The summed E-state index contributed by atoms with van der Waals surface area (Å²) in [4.78, 5) is 11.0. The minimum absolute atomic E-state index is 0.0302. The molecule has 0 radical (unpaired) electrons. The molecule has 0 atom stereocenters. The van der Waals surface area contributed by atoms with Crippen molar-refractivity contribution >= 4 is 17.5 Å². The number of carbonyl (C=O) groups is 1. The van der Waals surface area contributed by atoms with Crippen molar-refractivity contribution in [2.75, 3.05) is 5.88 Å². The van der Waals surface area contributed by atoms with Crippen LogP contribution in [0.4, 0.5) is 0 Å². The van der Waals surface area contributed by atoms with Crippen molar-refractivity contribution in [3.63, 3.8) is 0 Å². The summed E-state index contributed by atoms with van der Waals surface area (Å²) in [5, 5.41) is 2.69. The number of halogens is 1. The van der Waals surface area contributed by atoms with Crippen molar-refractivity contribution in [2.45, 2.75) is 26.2 Å². The largest absolute Gasteiger partial charge is 0.449 e. The van der Waals surface area contributed by atoms with Crippen LogP contribution in [-0.2, 0) is 11.3 Å². The lowest BCUT2D eigenvalue weighted by molar-refractivity contribution is -0.118. The zero-order chi connectivity index (χ0) is 12.5. The molecule has 4 nitrogen and oxygen atoms in total. The lowest BCUT2D eigenvalue weighted by Gasteiger charge is -2.16. The van der Waals surface area contributed by atoms with E-state index in [-0.39, 0.29) is 11.8 Å². The van der Waals surface area contributed by atoms with Gasteiger partial charge in [0, 0.05) is 20.4 Å². The van der Waals surface area contributed by atoms with E-state index >= 15 is 0 Å². The second-order valence-corrected chi connectivity index (χ2v) is 4.56. The number of hydrogen-bond donors (Lipinski definition) is 1. The standard InChI is InChI=1S/C12H14ClNO3/c1-12(2)16-9-4-3-8(5-10(9)17-12)7-14-11(15)6-13/h3-5H,6-7H2,1-2H3,(H,14,15). The zero-order valence-electron chi connectivity index (χ0n) is 9.75. The molecule has 0 bridgehead atoms. The first-order valence-electron chi connectivity index (χ1n) is 5.34. The Labute approximate surface area is 105 Å². The van der Waals surface area contributed by atoms with Crippen molar-refractivity contribution < 1.29 is 14.3 Å². The topological polar surface area (TPSA) is 47.6 Å². The minimum atomic E-state index is -0.625. The van der Waals surface area contributed by atoms with Gasteiger partial charge in [0.15, 0.2) is 11.5 Å². The summed E-state index contributed by atoms with van der Waals surface area (Å²) in [5.41, 5.74) is 0.948. The van der Waals surface area contributed by atoms with Crippen LogP contribution in [0.25, 0.3) is 0 Å². The maximum Gasteiger partial charge on any atom is 0.246 e. The highest BCUT2D eigenvalue weighted by Gasteiger charge is 2.31. The summed E-state index contributed by atoms with van der Waals surface area (Å²) in [6.07, 6.45) is 0. The van der Waals surface area contributed by atoms with Crippen LogP contribution in [0.3, 0.4) is 0 Å². The van der Waals surface area contributed by atoms with Crippen LogP contribution in [0.1, 0.15) is 19.4 Å². The number of alkyl halides is 1. The number of benzene rings is 1. The number of rotatable bonds is 3. The predicted molar refractivity (Wildman–Crippen MR) is 64.3 cm³/mol. The van der Waals surface area contributed by atoms with E-state index in [9.17, 15) is 4.79 Å². The fourth-order valence-electron chi connectivity index (χ4n) is 1.62. The molecule has 0 saturated carbocycles. The first-order valence-corrected chi connectivity index (χ1v) is 5.87. The molecule has 1 aliphatic rings. The first kappa shape index (κ1) is 12.0. The van der Waals surface area contributed by atoms with Gasteiger partial charge in [-0.3, -0.25) is 4.79 Å². The molecular formula is C12H14ClNO3. The van der Waals surface area contributed by atoms with E-state index in [2.05, 4.69) is 5.32 Å². The average molecular weight is 256 g/mol. The fraction of sp³-hybridized carbons (Fsp3) is 0.417. The maximum atomic E-state index is 11.0. The Kier molecular flexibility index (Phi) is 3.15. The SMILES string of the molecule is CC1(C)Oc2ccc(CNC(=O)CCl)cc2O1. The van der Waals surface area contributed by atoms with Crippen LogP contribution in [0.15, 0.2) is 18.2 Å². The van der Waals surface area contributed by atoms with Gasteiger partial charge in [0.05, 0.1) is 0 Å². The molecule has 1 N–H and O–H groups in total. The maximum absolute atomic E-state index is 11.0. The summed E-state index contributed by atoms with van der Waals surface area (Å²) in [7, 11) is 0. The third-order valence-corrected chi connectivity index (χ3v) is 2.57. The zero-order valence-corrected chi connectivity index (χ0v) is 10.5. The summed E-state index contributed by atoms with van der Waals surface area (Å²) >= 11 is 5.39. The average Bonchev–Trinajstić information content (AvgIpc) is 2.58. The minimum Gasteiger partial charge on any atom is -0.449 e. The lowest BCUT2D eigenvalue weighted by Crippen LogP contribution is -2.29. The highest BCUT2D eigenvalue weighted by molar-refractivity contribution is 6.27. The third kappa shape index (κ3) is 2.82. The fourth-order valence-corrected chi connectivity index (χ4v) is 1.72. The second-order valence-electron chi connectivity index (χ2n) is 4.30. The Balaban J connectivity index is 2.06. The quantitative estimate of drug-likeness (QED) is 0.841. The van der Waals surface area contributed by atoms with Crippen LogP contribution in [0.2, 0.25) is 0 Å². The van der Waals surface area contributed by atoms with Gasteiger partial charge in [0.1, 0.15) is 5.88 Å². The molecule has 1 heterocycles. The molecule has 0 aromatic heterocycles. The summed E-state index contributed by atoms with van der Waals surface area (Å²) < 4.78 is 11.2. The molecule has 2 rings (SSSR count). The van der Waals surface area contributed by atoms with Gasteiger partial charge >= 0.3 is 0 Å². The van der Waals surface area contributed by atoms with Crippen LogP contribution in [0, 0.1) is 0 Å².